The molecule has 0 aliphatic carbocycles. The molecular weight excluding hydrogens is 592 g/mol. The molecule has 0 unspecified atom stereocenters. The normalized spacial score (nSPS) is 15.9. The molecule has 17 nitrogen and oxygen atoms in total. The predicted molar refractivity (Wildman–Crippen MR) is 159 cm³/mol. The van der Waals surface area contributed by atoms with E-state index in [2.05, 4.69) is 15.6 Å². The van der Waals surface area contributed by atoms with Crippen molar-refractivity contribution in [2.75, 3.05) is 32.8 Å². The molecule has 0 fully saturated rings. The Bertz CT molecular complexity index is 1580. The van der Waals surface area contributed by atoms with Crippen LogP contribution in [0, 0.1) is 0 Å². The first-order valence-corrected chi connectivity index (χ1v) is 14.8. The molecule has 45 heavy (non-hydrogen) atoms. The number of hydrogen-bond acceptors (Lipinski definition) is 9. The van der Waals surface area contributed by atoms with Gasteiger partial charge in [-0.1, -0.05) is 0 Å². The zero-order valence-electron chi connectivity index (χ0n) is 26.5. The first-order valence-electron chi connectivity index (χ1n) is 14.8. The highest BCUT2D eigenvalue weighted by molar-refractivity contribution is 5.94. The highest BCUT2D eigenvalue weighted by Gasteiger charge is 2.34. The van der Waals surface area contributed by atoms with Crippen LogP contribution in [0.1, 0.15) is 73.9 Å². The van der Waals surface area contributed by atoms with Crippen LogP contribution < -0.4 is 22.0 Å². The third-order valence-corrected chi connectivity index (χ3v) is 7.05. The van der Waals surface area contributed by atoms with Gasteiger partial charge >= 0.3 is 23.6 Å². The Morgan fingerprint density at radius 3 is 1.91 bits per heavy atom. The first-order chi connectivity index (χ1) is 21.0. The maximum Gasteiger partial charge on any atom is 0.410 e. The van der Waals surface area contributed by atoms with Crippen molar-refractivity contribution in [3.05, 3.63) is 43.7 Å². The average molecular weight is 635 g/mol. The minimum atomic E-state index is -0.617. The molecule has 2 aromatic rings. The third kappa shape index (κ3) is 7.58. The summed E-state index contributed by atoms with van der Waals surface area (Å²) in [6.45, 7) is 13.2. The monoisotopic (exact) mass is 634 g/mol. The Labute approximate surface area is 259 Å². The van der Waals surface area contributed by atoms with Crippen molar-refractivity contribution < 1.29 is 33.8 Å². The number of H-pyrrole nitrogens is 1. The number of aromatic amines is 1. The fourth-order valence-electron chi connectivity index (χ4n) is 5.13. The Morgan fingerprint density at radius 2 is 1.36 bits per heavy atom. The van der Waals surface area contributed by atoms with Gasteiger partial charge in [-0.25, -0.2) is 19.2 Å². The largest absolute Gasteiger partial charge is 0.444 e. The zero-order chi connectivity index (χ0) is 33.3. The molecule has 0 atom stereocenters. The molecule has 0 spiro atoms. The highest BCUT2D eigenvalue weighted by atomic mass is 16.6. The van der Waals surface area contributed by atoms with Crippen LogP contribution in [0.4, 0.5) is 9.59 Å². The molecule has 0 radical (unpaired) electrons. The van der Waals surface area contributed by atoms with Gasteiger partial charge < -0.3 is 40.0 Å². The summed E-state index contributed by atoms with van der Waals surface area (Å²) >= 11 is 0. The zero-order valence-corrected chi connectivity index (χ0v) is 26.5. The number of nitrogens with one attached hydrogen (secondary N) is 3. The van der Waals surface area contributed by atoms with Gasteiger partial charge in [0.25, 0.3) is 11.8 Å². The highest BCUT2D eigenvalue weighted by Crippen LogP contribution is 2.20. The molecule has 0 saturated carbocycles. The van der Waals surface area contributed by atoms with E-state index in [1.54, 1.807) is 46.1 Å². The lowest BCUT2D eigenvalue weighted by molar-refractivity contribution is 0.0187. The quantitative estimate of drug-likeness (QED) is 0.352. The average Bonchev–Trinajstić information content (AvgIpc) is 3.44. The van der Waals surface area contributed by atoms with Crippen LogP contribution in [-0.4, -0.2) is 102 Å². The topological polar surface area (TPSA) is 202 Å². The van der Waals surface area contributed by atoms with Gasteiger partial charge in [-0.3, -0.25) is 23.3 Å². The SMILES string of the molecule is CC(C)(C)OC(=O)N1CCn2c(c(C(=O)NCCO)[nH]c2=O)C1.CC(C)(C)OC(=O)N1CCn2c(c3n(c2=O)CCNC3=O)C1. The molecule has 3 aliphatic rings. The number of imidazole rings is 2. The molecule has 5 rings (SSSR count). The van der Waals surface area contributed by atoms with Crippen molar-refractivity contribution in [2.24, 2.45) is 0 Å². The summed E-state index contributed by atoms with van der Waals surface area (Å²) < 4.78 is 15.2. The molecule has 2 aromatic heterocycles. The number of aliphatic hydroxyl groups excluding tert-OH is 1. The Balaban J connectivity index is 0.000000205. The summed E-state index contributed by atoms with van der Waals surface area (Å²) in [5.41, 5.74) is -0.274. The summed E-state index contributed by atoms with van der Waals surface area (Å²) in [5.74, 6) is -0.751. The molecule has 17 heteroatoms. The van der Waals surface area contributed by atoms with Gasteiger partial charge in [0.1, 0.15) is 22.6 Å². The number of carbonyl (C=O) groups is 4. The van der Waals surface area contributed by atoms with Gasteiger partial charge in [0.2, 0.25) is 0 Å². The van der Waals surface area contributed by atoms with Crippen LogP contribution in [0.2, 0.25) is 0 Å². The molecule has 0 bridgehead atoms. The van der Waals surface area contributed by atoms with E-state index in [-0.39, 0.29) is 50.1 Å². The molecule has 0 aromatic carbocycles. The van der Waals surface area contributed by atoms with E-state index in [9.17, 15) is 28.8 Å². The molecule has 5 heterocycles. The lowest BCUT2D eigenvalue weighted by Gasteiger charge is -2.30. The first kappa shape index (κ1) is 33.4. The van der Waals surface area contributed by atoms with Crippen LogP contribution in [0.5, 0.6) is 0 Å². The minimum absolute atomic E-state index is 0.0846. The summed E-state index contributed by atoms with van der Waals surface area (Å²) in [4.78, 5) is 78.2. The predicted octanol–water partition coefficient (Wildman–Crippen LogP) is -0.207. The second-order valence-electron chi connectivity index (χ2n) is 12.8. The van der Waals surface area contributed by atoms with Crippen molar-refractivity contribution in [3.8, 4) is 0 Å². The van der Waals surface area contributed by atoms with E-state index in [0.717, 1.165) is 0 Å². The second-order valence-corrected chi connectivity index (χ2v) is 12.8. The number of ether oxygens (including phenoxy) is 2. The van der Waals surface area contributed by atoms with Crippen molar-refractivity contribution in [3.63, 3.8) is 0 Å². The van der Waals surface area contributed by atoms with Crippen molar-refractivity contribution in [1.29, 1.82) is 0 Å². The summed E-state index contributed by atoms with van der Waals surface area (Å²) in [7, 11) is 0. The number of rotatable bonds is 3. The van der Waals surface area contributed by atoms with Crippen LogP contribution >= 0.6 is 0 Å². The van der Waals surface area contributed by atoms with Crippen molar-refractivity contribution in [2.45, 2.75) is 85.5 Å². The maximum atomic E-state index is 12.3. The van der Waals surface area contributed by atoms with Crippen LogP contribution in [0.25, 0.3) is 0 Å². The Kier molecular flexibility index (Phi) is 9.51. The fourth-order valence-corrected chi connectivity index (χ4v) is 5.13. The van der Waals surface area contributed by atoms with E-state index < -0.39 is 35.0 Å². The summed E-state index contributed by atoms with van der Waals surface area (Å²) in [6.07, 6.45) is -0.915. The van der Waals surface area contributed by atoms with Crippen LogP contribution in [-0.2, 0) is 42.2 Å². The number of nitrogens with zero attached hydrogens (tertiary/aromatic N) is 5. The summed E-state index contributed by atoms with van der Waals surface area (Å²) in [6, 6.07) is 0. The number of aliphatic hydroxyl groups is 1. The van der Waals surface area contributed by atoms with E-state index in [0.29, 0.717) is 49.8 Å². The smallest absolute Gasteiger partial charge is 0.410 e. The molecule has 4 amide bonds. The molecule has 0 saturated heterocycles. The van der Waals surface area contributed by atoms with Crippen molar-refractivity contribution >= 4 is 24.0 Å². The Morgan fingerprint density at radius 1 is 0.800 bits per heavy atom. The number of amides is 4. The molecule has 4 N–H and O–H groups in total. The third-order valence-electron chi connectivity index (χ3n) is 7.05. The molecule has 3 aliphatic heterocycles. The lowest BCUT2D eigenvalue weighted by Crippen LogP contribution is -2.43. The van der Waals surface area contributed by atoms with E-state index in [1.807, 2.05) is 0 Å². The van der Waals surface area contributed by atoms with E-state index >= 15 is 0 Å². The van der Waals surface area contributed by atoms with Gasteiger partial charge in [0, 0.05) is 45.8 Å². The van der Waals surface area contributed by atoms with Gasteiger partial charge in [-0.15, -0.1) is 0 Å². The minimum Gasteiger partial charge on any atom is -0.444 e. The Hall–Kier alpha value is -4.54. The molecule has 248 valence electrons. The molecular formula is C28H42N8O9. The van der Waals surface area contributed by atoms with Crippen LogP contribution in [0.3, 0.4) is 0 Å². The van der Waals surface area contributed by atoms with Gasteiger partial charge in [-0.05, 0) is 41.5 Å². The van der Waals surface area contributed by atoms with Crippen molar-refractivity contribution in [1.82, 2.24) is 39.1 Å². The standard InChI is InChI=1S/C14H22N4O5.C14H20N4O4/c1-14(2,3)23-13(22)17-5-6-18-9(8-17)10(16-12(18)21)11(20)15-4-7-19;1-14(2,3)22-13(21)16-6-7-17-9(8-16)10-11(19)15-4-5-18(10)12(17)20/h19H,4-8H2,1-3H3,(H,15,20)(H,16,21);4-8H2,1-3H3,(H,15,19). The number of hydrogen-bond donors (Lipinski definition) is 4. The fraction of sp³-hybridized carbons (Fsp3) is 0.643. The van der Waals surface area contributed by atoms with E-state index in [4.69, 9.17) is 14.6 Å². The van der Waals surface area contributed by atoms with Gasteiger partial charge in [0.15, 0.2) is 0 Å². The lowest BCUT2D eigenvalue weighted by atomic mass is 10.2. The number of aromatic nitrogens is 4. The van der Waals surface area contributed by atoms with Gasteiger partial charge in [0.05, 0.1) is 31.1 Å². The van der Waals surface area contributed by atoms with E-state index in [1.165, 1.54) is 18.9 Å². The maximum absolute atomic E-state index is 12.3. The van der Waals surface area contributed by atoms with Gasteiger partial charge in [-0.2, -0.15) is 0 Å². The van der Waals surface area contributed by atoms with Crippen LogP contribution in [0.15, 0.2) is 9.59 Å². The summed E-state index contributed by atoms with van der Waals surface area (Å²) in [5, 5.41) is 14.0. The number of carbonyl (C=O) groups excluding carboxylic acids is 4. The second kappa shape index (κ2) is 12.8. The number of fused-ring (bicyclic) bond motifs is 4.